The van der Waals surface area contributed by atoms with E-state index < -0.39 is 10.0 Å². The van der Waals surface area contributed by atoms with Gasteiger partial charge in [-0.25, -0.2) is 13.4 Å². The molecule has 8 nitrogen and oxygen atoms in total. The molecule has 0 saturated carbocycles. The van der Waals surface area contributed by atoms with Crippen molar-refractivity contribution in [1.82, 2.24) is 9.29 Å². The molecule has 1 aliphatic rings. The van der Waals surface area contributed by atoms with Gasteiger partial charge >= 0.3 is 0 Å². The average Bonchev–Trinajstić information content (AvgIpc) is 3.57. The summed E-state index contributed by atoms with van der Waals surface area (Å²) in [6.07, 6.45) is 2.46. The van der Waals surface area contributed by atoms with E-state index in [0.717, 1.165) is 15.8 Å². The Kier molecular flexibility index (Phi) is 6.83. The first-order valence-electron chi connectivity index (χ1n) is 11.7. The number of carbonyl (C=O) groups excluding carboxylic acids is 1. The minimum Gasteiger partial charge on any atom is -0.497 e. The molecule has 1 saturated heterocycles. The molecule has 0 unspecified atom stereocenters. The van der Waals surface area contributed by atoms with Crippen molar-refractivity contribution in [2.24, 2.45) is 5.92 Å². The Hall–Kier alpha value is -3.21. The highest BCUT2D eigenvalue weighted by atomic mass is 32.2. The van der Waals surface area contributed by atoms with Gasteiger partial charge in [0, 0.05) is 19.0 Å². The number of sulfonamides is 1. The molecule has 1 aliphatic heterocycles. The number of aromatic nitrogens is 1. The number of fused-ring (bicyclic) bond motifs is 1. The third-order valence-corrected chi connectivity index (χ3v) is 9.46. The summed E-state index contributed by atoms with van der Waals surface area (Å²) in [5.74, 6) is 0.888. The second-order valence-electron chi connectivity index (χ2n) is 8.78. The number of carbonyl (C=O) groups is 1. The number of para-hydroxylation sites is 1. The summed E-state index contributed by atoms with van der Waals surface area (Å²) >= 11 is 1.47. The highest BCUT2D eigenvalue weighted by Gasteiger charge is 2.35. The molecule has 2 aromatic heterocycles. The maximum Gasteiger partial charge on any atom is 0.243 e. The lowest BCUT2D eigenvalue weighted by Gasteiger charge is -2.32. The first kappa shape index (κ1) is 24.5. The van der Waals surface area contributed by atoms with Gasteiger partial charge in [0.15, 0.2) is 5.13 Å². The van der Waals surface area contributed by atoms with Gasteiger partial charge in [0.2, 0.25) is 15.9 Å². The number of aryl methyl sites for hydroxylation is 1. The van der Waals surface area contributed by atoms with Crippen molar-refractivity contribution in [2.75, 3.05) is 25.1 Å². The van der Waals surface area contributed by atoms with E-state index in [-0.39, 0.29) is 36.4 Å². The van der Waals surface area contributed by atoms with E-state index in [4.69, 9.17) is 14.1 Å². The van der Waals surface area contributed by atoms with Crippen LogP contribution in [0.15, 0.2) is 70.2 Å². The summed E-state index contributed by atoms with van der Waals surface area (Å²) in [6, 6.07) is 16.0. The Morgan fingerprint density at radius 3 is 2.53 bits per heavy atom. The highest BCUT2D eigenvalue weighted by molar-refractivity contribution is 7.89. The van der Waals surface area contributed by atoms with Crippen molar-refractivity contribution < 1.29 is 22.4 Å². The van der Waals surface area contributed by atoms with Crippen LogP contribution in [0.2, 0.25) is 0 Å². The van der Waals surface area contributed by atoms with Gasteiger partial charge in [0.25, 0.3) is 0 Å². The lowest BCUT2D eigenvalue weighted by Crippen LogP contribution is -2.44. The SMILES string of the molecule is COc1ccc(S(=O)(=O)N2CCC(C(=O)N(Cc3ccco3)c3nc4c(C)cccc4s3)CC2)cc1. The molecular weight excluding hydrogens is 498 g/mol. The van der Waals surface area contributed by atoms with Crippen LogP contribution < -0.4 is 9.64 Å². The van der Waals surface area contributed by atoms with Crippen LogP contribution in [-0.2, 0) is 21.4 Å². The second-order valence-corrected chi connectivity index (χ2v) is 11.7. The maximum absolute atomic E-state index is 13.8. The fourth-order valence-electron chi connectivity index (χ4n) is 4.45. The van der Waals surface area contributed by atoms with Crippen LogP contribution in [0.25, 0.3) is 10.2 Å². The first-order valence-corrected chi connectivity index (χ1v) is 14.0. The summed E-state index contributed by atoms with van der Waals surface area (Å²) in [5.41, 5.74) is 1.94. The van der Waals surface area contributed by atoms with Gasteiger partial charge in [-0.1, -0.05) is 23.5 Å². The van der Waals surface area contributed by atoms with Crippen molar-refractivity contribution in [3.63, 3.8) is 0 Å². The molecule has 0 bridgehead atoms. The number of anilines is 1. The van der Waals surface area contributed by atoms with Gasteiger partial charge < -0.3 is 9.15 Å². The van der Waals surface area contributed by atoms with Crippen molar-refractivity contribution >= 4 is 42.6 Å². The lowest BCUT2D eigenvalue weighted by atomic mass is 9.96. The van der Waals surface area contributed by atoms with Crippen LogP contribution in [0.5, 0.6) is 5.75 Å². The van der Waals surface area contributed by atoms with E-state index in [2.05, 4.69) is 0 Å². The Morgan fingerprint density at radius 1 is 1.14 bits per heavy atom. The van der Waals surface area contributed by atoms with E-state index >= 15 is 0 Å². The van der Waals surface area contributed by atoms with E-state index in [1.807, 2.05) is 31.2 Å². The Labute approximate surface area is 214 Å². The van der Waals surface area contributed by atoms with Crippen LogP contribution >= 0.6 is 11.3 Å². The fraction of sp³-hybridized carbons (Fsp3) is 0.308. The molecule has 0 atom stereocenters. The molecule has 0 spiro atoms. The standard InChI is InChI=1S/C26H27N3O5S2/c1-18-5-3-7-23-24(18)27-26(35-23)29(17-21-6-4-16-34-21)25(30)19-12-14-28(15-13-19)36(31,32)22-10-8-20(33-2)9-11-22/h3-11,16,19H,12-15,17H2,1-2H3. The number of piperidine rings is 1. The zero-order chi connectivity index (χ0) is 25.3. The second kappa shape index (κ2) is 10.0. The number of amides is 1. The first-order chi connectivity index (χ1) is 17.4. The molecule has 0 radical (unpaired) electrons. The van der Waals surface area contributed by atoms with Gasteiger partial charge in [-0.3, -0.25) is 9.69 Å². The normalized spacial score (nSPS) is 15.3. The third kappa shape index (κ3) is 4.76. The highest BCUT2D eigenvalue weighted by Crippen LogP contribution is 2.34. The van der Waals surface area contributed by atoms with Gasteiger partial charge in [-0.05, 0) is 67.8 Å². The van der Waals surface area contributed by atoms with E-state index in [1.165, 1.54) is 22.8 Å². The molecule has 188 valence electrons. The molecule has 1 amide bonds. The van der Waals surface area contributed by atoms with Gasteiger partial charge in [0.1, 0.15) is 11.5 Å². The van der Waals surface area contributed by atoms with Crippen LogP contribution in [-0.4, -0.2) is 43.8 Å². The van der Waals surface area contributed by atoms with Crippen molar-refractivity contribution in [1.29, 1.82) is 0 Å². The summed E-state index contributed by atoms with van der Waals surface area (Å²) in [7, 11) is -2.11. The van der Waals surface area contributed by atoms with Gasteiger partial charge in [0.05, 0.1) is 35.0 Å². The molecule has 5 rings (SSSR count). The number of hydrogen-bond acceptors (Lipinski definition) is 7. The number of rotatable bonds is 7. The summed E-state index contributed by atoms with van der Waals surface area (Å²) in [4.78, 5) is 20.4. The number of benzene rings is 2. The molecule has 2 aromatic carbocycles. The monoisotopic (exact) mass is 525 g/mol. The Morgan fingerprint density at radius 2 is 1.89 bits per heavy atom. The van der Waals surface area contributed by atoms with Crippen LogP contribution in [0, 0.1) is 12.8 Å². The lowest BCUT2D eigenvalue weighted by molar-refractivity contribution is -0.123. The summed E-state index contributed by atoms with van der Waals surface area (Å²) < 4.78 is 39.4. The van der Waals surface area contributed by atoms with Crippen LogP contribution in [0.1, 0.15) is 24.2 Å². The molecule has 4 aromatic rings. The Bertz CT molecular complexity index is 1460. The van der Waals surface area contributed by atoms with Crippen molar-refractivity contribution in [3.8, 4) is 5.75 Å². The summed E-state index contributed by atoms with van der Waals surface area (Å²) in [6.45, 7) is 2.83. The number of thiazole rings is 1. The predicted octanol–water partition coefficient (Wildman–Crippen LogP) is 4.84. The summed E-state index contributed by atoms with van der Waals surface area (Å²) in [5, 5.41) is 0.619. The van der Waals surface area contributed by atoms with E-state index in [1.54, 1.807) is 41.5 Å². The zero-order valence-corrected chi connectivity index (χ0v) is 21.7. The number of furan rings is 1. The molecular formula is C26H27N3O5S2. The quantitative estimate of drug-likeness (QED) is 0.343. The molecule has 0 N–H and O–H groups in total. The van der Waals surface area contributed by atoms with E-state index in [9.17, 15) is 13.2 Å². The average molecular weight is 526 g/mol. The third-order valence-electron chi connectivity index (χ3n) is 6.50. The fourth-order valence-corrected chi connectivity index (χ4v) is 6.97. The van der Waals surface area contributed by atoms with Gasteiger partial charge in [-0.15, -0.1) is 0 Å². The van der Waals surface area contributed by atoms with Gasteiger partial charge in [-0.2, -0.15) is 4.31 Å². The number of ether oxygens (including phenoxy) is 1. The zero-order valence-electron chi connectivity index (χ0n) is 20.1. The van der Waals surface area contributed by atoms with Crippen molar-refractivity contribution in [2.45, 2.75) is 31.2 Å². The largest absolute Gasteiger partial charge is 0.497 e. The van der Waals surface area contributed by atoms with E-state index in [0.29, 0.717) is 29.5 Å². The molecule has 3 heterocycles. The maximum atomic E-state index is 13.8. The minimum absolute atomic E-state index is 0.0652. The minimum atomic E-state index is -3.64. The van der Waals surface area contributed by atoms with Crippen LogP contribution in [0.4, 0.5) is 5.13 Å². The molecule has 36 heavy (non-hydrogen) atoms. The smallest absolute Gasteiger partial charge is 0.243 e. The van der Waals surface area contributed by atoms with Crippen molar-refractivity contribution in [3.05, 3.63) is 72.2 Å². The number of hydrogen-bond donors (Lipinski definition) is 0. The predicted molar refractivity (Wildman–Crippen MR) is 139 cm³/mol. The molecule has 1 fully saturated rings. The Balaban J connectivity index is 1.35. The molecule has 0 aliphatic carbocycles. The molecule has 10 heteroatoms. The topological polar surface area (TPSA) is 93.0 Å². The van der Waals surface area contributed by atoms with Crippen LogP contribution in [0.3, 0.4) is 0 Å². The number of methoxy groups -OCH3 is 1. The number of nitrogens with zero attached hydrogens (tertiary/aromatic N) is 3.